The largest absolute Gasteiger partial charge is 0.451 e. The Morgan fingerprint density at radius 2 is 2.11 bits per heavy atom. The molecule has 1 aliphatic heterocycles. The SMILES string of the molecule is CCC(=C[C@@H](O)CC)C[C@]1(CC)C=C(CC)C(=O)O1. The summed E-state index contributed by atoms with van der Waals surface area (Å²) in [6, 6.07) is 0. The van der Waals surface area contributed by atoms with E-state index in [1.807, 2.05) is 32.9 Å². The van der Waals surface area contributed by atoms with Crippen LogP contribution in [-0.2, 0) is 9.53 Å². The van der Waals surface area contributed by atoms with Crippen molar-refractivity contribution in [3.05, 3.63) is 23.3 Å². The van der Waals surface area contributed by atoms with Crippen LogP contribution >= 0.6 is 0 Å². The Bertz CT molecular complexity index is 381. The molecule has 0 aliphatic carbocycles. The summed E-state index contributed by atoms with van der Waals surface area (Å²) in [6.45, 7) is 8.02. The van der Waals surface area contributed by atoms with Crippen LogP contribution in [0, 0.1) is 0 Å². The monoisotopic (exact) mass is 266 g/mol. The molecule has 0 fully saturated rings. The van der Waals surface area contributed by atoms with Crippen LogP contribution in [0.25, 0.3) is 0 Å². The number of aliphatic hydroxyl groups is 1. The normalized spacial score (nSPS) is 25.2. The minimum atomic E-state index is -0.502. The quantitative estimate of drug-likeness (QED) is 0.566. The van der Waals surface area contributed by atoms with Crippen LogP contribution in [0.5, 0.6) is 0 Å². The summed E-state index contributed by atoms with van der Waals surface area (Å²) in [4.78, 5) is 11.8. The van der Waals surface area contributed by atoms with Crippen molar-refractivity contribution in [2.75, 3.05) is 0 Å². The van der Waals surface area contributed by atoms with Crippen molar-refractivity contribution in [3.63, 3.8) is 0 Å². The summed E-state index contributed by atoms with van der Waals surface area (Å²) in [7, 11) is 0. The minimum absolute atomic E-state index is 0.184. The molecule has 0 saturated heterocycles. The van der Waals surface area contributed by atoms with Crippen LogP contribution < -0.4 is 0 Å². The number of ether oxygens (including phenoxy) is 1. The van der Waals surface area contributed by atoms with Crippen LogP contribution in [0.15, 0.2) is 23.3 Å². The number of cyclic esters (lactones) is 1. The highest BCUT2D eigenvalue weighted by Gasteiger charge is 2.38. The van der Waals surface area contributed by atoms with Gasteiger partial charge in [-0.2, -0.15) is 0 Å². The van der Waals surface area contributed by atoms with Gasteiger partial charge in [-0.25, -0.2) is 4.79 Å². The summed E-state index contributed by atoms with van der Waals surface area (Å²) in [5.74, 6) is -0.184. The van der Waals surface area contributed by atoms with Crippen LogP contribution in [0.4, 0.5) is 0 Å². The van der Waals surface area contributed by atoms with Crippen molar-refractivity contribution in [2.45, 2.75) is 71.5 Å². The van der Waals surface area contributed by atoms with Crippen molar-refractivity contribution in [3.8, 4) is 0 Å². The van der Waals surface area contributed by atoms with Gasteiger partial charge in [-0.1, -0.05) is 39.3 Å². The smallest absolute Gasteiger partial charge is 0.334 e. The molecular formula is C16H26O3. The van der Waals surface area contributed by atoms with Crippen molar-refractivity contribution in [2.24, 2.45) is 0 Å². The predicted octanol–water partition coefficient (Wildman–Crippen LogP) is 3.53. The molecule has 19 heavy (non-hydrogen) atoms. The average molecular weight is 266 g/mol. The van der Waals surface area contributed by atoms with Crippen molar-refractivity contribution in [1.82, 2.24) is 0 Å². The summed E-state index contributed by atoms with van der Waals surface area (Å²) in [6.07, 6.45) is 7.22. The first kappa shape index (κ1) is 16.0. The standard InChI is InChI=1S/C16H26O3/c1-5-12(9-14(17)7-3)10-16(8-4)11-13(6-2)15(18)19-16/h9,11,14,17H,5-8,10H2,1-4H3/t14-,16+/m0/s1. The van der Waals surface area contributed by atoms with Gasteiger partial charge in [0.2, 0.25) is 0 Å². The number of rotatable bonds is 7. The molecule has 0 spiro atoms. The molecule has 0 radical (unpaired) electrons. The first-order valence-electron chi connectivity index (χ1n) is 7.32. The van der Waals surface area contributed by atoms with Crippen molar-refractivity contribution < 1.29 is 14.6 Å². The fraction of sp³-hybridized carbons (Fsp3) is 0.688. The average Bonchev–Trinajstić information content (AvgIpc) is 2.74. The van der Waals surface area contributed by atoms with Gasteiger partial charge in [0.1, 0.15) is 5.60 Å². The van der Waals surface area contributed by atoms with Gasteiger partial charge >= 0.3 is 5.97 Å². The lowest BCUT2D eigenvalue weighted by atomic mass is 9.89. The van der Waals surface area contributed by atoms with E-state index in [0.717, 1.165) is 24.0 Å². The van der Waals surface area contributed by atoms with Gasteiger partial charge in [-0.15, -0.1) is 0 Å². The maximum Gasteiger partial charge on any atom is 0.334 e. The van der Waals surface area contributed by atoms with Gasteiger partial charge < -0.3 is 9.84 Å². The fourth-order valence-corrected chi connectivity index (χ4v) is 2.36. The highest BCUT2D eigenvalue weighted by atomic mass is 16.6. The van der Waals surface area contributed by atoms with Crippen molar-refractivity contribution in [1.29, 1.82) is 0 Å². The van der Waals surface area contributed by atoms with Crippen LogP contribution in [0.2, 0.25) is 0 Å². The number of hydrogen-bond donors (Lipinski definition) is 1. The lowest BCUT2D eigenvalue weighted by Gasteiger charge is -2.26. The molecule has 1 aliphatic rings. The Balaban J connectivity index is 2.90. The predicted molar refractivity (Wildman–Crippen MR) is 76.8 cm³/mol. The Kier molecular flexibility index (Phi) is 5.80. The van der Waals surface area contributed by atoms with Gasteiger partial charge in [-0.3, -0.25) is 0 Å². The zero-order valence-corrected chi connectivity index (χ0v) is 12.5. The Morgan fingerprint density at radius 3 is 2.53 bits per heavy atom. The molecular weight excluding hydrogens is 240 g/mol. The van der Waals surface area contributed by atoms with Gasteiger partial charge in [0, 0.05) is 12.0 Å². The van der Waals surface area contributed by atoms with E-state index in [2.05, 4.69) is 6.92 Å². The zero-order chi connectivity index (χ0) is 14.5. The second kappa shape index (κ2) is 6.90. The molecule has 2 atom stereocenters. The van der Waals surface area contributed by atoms with E-state index in [1.54, 1.807) is 0 Å². The third kappa shape index (κ3) is 3.93. The topological polar surface area (TPSA) is 46.5 Å². The molecule has 0 unspecified atom stereocenters. The van der Waals surface area contributed by atoms with Crippen LogP contribution in [0.3, 0.4) is 0 Å². The fourth-order valence-electron chi connectivity index (χ4n) is 2.36. The summed E-state index contributed by atoms with van der Waals surface area (Å²) in [5, 5.41) is 9.74. The zero-order valence-electron chi connectivity index (χ0n) is 12.5. The van der Waals surface area contributed by atoms with E-state index in [1.165, 1.54) is 0 Å². The first-order valence-corrected chi connectivity index (χ1v) is 7.32. The number of esters is 1. The Labute approximate surface area is 116 Å². The molecule has 0 aromatic rings. The lowest BCUT2D eigenvalue weighted by molar-refractivity contribution is -0.146. The number of hydrogen-bond acceptors (Lipinski definition) is 3. The molecule has 3 nitrogen and oxygen atoms in total. The lowest BCUT2D eigenvalue weighted by Crippen LogP contribution is -2.28. The molecule has 3 heteroatoms. The highest BCUT2D eigenvalue weighted by molar-refractivity contribution is 5.91. The molecule has 0 aromatic carbocycles. The molecule has 0 aromatic heterocycles. The summed E-state index contributed by atoms with van der Waals surface area (Å²) in [5.41, 5.74) is 1.42. The van der Waals surface area contributed by atoms with Crippen LogP contribution in [0.1, 0.15) is 59.8 Å². The third-order valence-electron chi connectivity index (χ3n) is 3.80. The summed E-state index contributed by atoms with van der Waals surface area (Å²) < 4.78 is 5.60. The number of carbonyl (C=O) groups is 1. The van der Waals surface area contributed by atoms with E-state index in [0.29, 0.717) is 19.3 Å². The number of aliphatic hydroxyl groups excluding tert-OH is 1. The molecule has 1 rings (SSSR count). The van der Waals surface area contributed by atoms with Gasteiger partial charge in [0.15, 0.2) is 0 Å². The highest BCUT2D eigenvalue weighted by Crippen LogP contribution is 2.35. The second-order valence-electron chi connectivity index (χ2n) is 5.16. The molecule has 0 saturated carbocycles. The second-order valence-corrected chi connectivity index (χ2v) is 5.16. The van der Waals surface area contributed by atoms with Crippen LogP contribution in [-0.4, -0.2) is 22.8 Å². The van der Waals surface area contributed by atoms with Gasteiger partial charge in [0.25, 0.3) is 0 Å². The maximum absolute atomic E-state index is 11.8. The summed E-state index contributed by atoms with van der Waals surface area (Å²) >= 11 is 0. The van der Waals surface area contributed by atoms with Crippen molar-refractivity contribution >= 4 is 5.97 Å². The molecule has 1 heterocycles. The first-order chi connectivity index (χ1) is 9.00. The van der Waals surface area contributed by atoms with E-state index < -0.39 is 11.7 Å². The van der Waals surface area contributed by atoms with E-state index in [-0.39, 0.29) is 5.97 Å². The third-order valence-corrected chi connectivity index (χ3v) is 3.80. The maximum atomic E-state index is 11.8. The molecule has 1 N–H and O–H groups in total. The molecule has 0 bridgehead atoms. The molecule has 0 amide bonds. The molecule has 108 valence electrons. The minimum Gasteiger partial charge on any atom is -0.451 e. The Hall–Kier alpha value is -1.09. The van der Waals surface area contributed by atoms with E-state index >= 15 is 0 Å². The van der Waals surface area contributed by atoms with Gasteiger partial charge in [0.05, 0.1) is 6.10 Å². The Morgan fingerprint density at radius 1 is 1.42 bits per heavy atom. The van der Waals surface area contributed by atoms with Gasteiger partial charge in [-0.05, 0) is 31.8 Å². The number of carbonyl (C=O) groups excluding carboxylic acids is 1. The van der Waals surface area contributed by atoms with E-state index in [4.69, 9.17) is 4.74 Å². The van der Waals surface area contributed by atoms with E-state index in [9.17, 15) is 9.90 Å².